The zero-order valence-corrected chi connectivity index (χ0v) is 17.3. The Balaban J connectivity index is 2.00. The third kappa shape index (κ3) is 4.03. The van der Waals surface area contributed by atoms with Gasteiger partial charge in [-0.25, -0.2) is 9.59 Å². The molecule has 1 fully saturated rings. The van der Waals surface area contributed by atoms with Gasteiger partial charge in [0.25, 0.3) is 0 Å². The predicted molar refractivity (Wildman–Crippen MR) is 106 cm³/mol. The van der Waals surface area contributed by atoms with Crippen molar-refractivity contribution in [2.45, 2.75) is 51.8 Å². The molecule has 1 aliphatic rings. The Hall–Kier alpha value is -3.10. The number of amides is 3. The van der Waals surface area contributed by atoms with Gasteiger partial charge in [0, 0.05) is 20.5 Å². The summed E-state index contributed by atoms with van der Waals surface area (Å²) in [5.74, 6) is -0.814. The van der Waals surface area contributed by atoms with Crippen LogP contribution < -0.4 is 11.0 Å². The number of benzene rings is 1. The van der Waals surface area contributed by atoms with E-state index < -0.39 is 23.6 Å². The number of para-hydroxylation sites is 1. The normalized spacial score (nSPS) is 17.3. The van der Waals surface area contributed by atoms with Gasteiger partial charge in [-0.2, -0.15) is 0 Å². The molecule has 29 heavy (non-hydrogen) atoms. The summed E-state index contributed by atoms with van der Waals surface area (Å²) in [6.45, 7) is 5.62. The van der Waals surface area contributed by atoms with E-state index in [1.165, 1.54) is 14.0 Å². The largest absolute Gasteiger partial charge is 0.444 e. The lowest BCUT2D eigenvalue weighted by molar-refractivity contribution is -0.135. The molecule has 0 saturated carbocycles. The highest BCUT2D eigenvalue weighted by atomic mass is 16.6. The van der Waals surface area contributed by atoms with E-state index in [4.69, 9.17) is 4.74 Å². The van der Waals surface area contributed by atoms with E-state index in [0.717, 1.165) is 5.56 Å². The number of piperidine rings is 1. The number of nitrogens with one attached hydrogen (secondary N) is 1. The van der Waals surface area contributed by atoms with Crippen LogP contribution in [0, 0.1) is 0 Å². The molecule has 1 aromatic carbocycles. The Bertz CT molecular complexity index is 1040. The van der Waals surface area contributed by atoms with Crippen LogP contribution in [0.15, 0.2) is 23.0 Å². The second kappa shape index (κ2) is 7.38. The van der Waals surface area contributed by atoms with Gasteiger partial charge in [-0.3, -0.25) is 24.0 Å². The molecule has 1 aliphatic heterocycles. The van der Waals surface area contributed by atoms with Crippen molar-refractivity contribution < 1.29 is 19.1 Å². The van der Waals surface area contributed by atoms with Crippen LogP contribution in [-0.2, 0) is 27.9 Å². The molecule has 2 aromatic rings. The van der Waals surface area contributed by atoms with Gasteiger partial charge in [-0.1, -0.05) is 12.1 Å². The number of hydrogen-bond donors (Lipinski definition) is 1. The van der Waals surface area contributed by atoms with E-state index in [0.29, 0.717) is 11.0 Å². The van der Waals surface area contributed by atoms with Crippen LogP contribution >= 0.6 is 0 Å². The first-order valence-corrected chi connectivity index (χ1v) is 9.46. The van der Waals surface area contributed by atoms with Gasteiger partial charge in [0.1, 0.15) is 11.6 Å². The van der Waals surface area contributed by atoms with Crippen LogP contribution in [0.4, 0.5) is 4.79 Å². The Morgan fingerprint density at radius 2 is 1.97 bits per heavy atom. The molecule has 156 valence electrons. The lowest BCUT2D eigenvalue weighted by Crippen LogP contribution is -2.44. The van der Waals surface area contributed by atoms with Crippen LogP contribution in [0.5, 0.6) is 0 Å². The summed E-state index contributed by atoms with van der Waals surface area (Å²) in [5.41, 5.74) is 1.02. The lowest BCUT2D eigenvalue weighted by Gasteiger charge is -2.25. The smallest absolute Gasteiger partial charge is 0.410 e. The molecule has 0 spiro atoms. The monoisotopic (exact) mass is 402 g/mol. The Labute approximate surface area is 168 Å². The Morgan fingerprint density at radius 3 is 2.59 bits per heavy atom. The molecule has 3 rings (SSSR count). The van der Waals surface area contributed by atoms with Crippen LogP contribution in [0.3, 0.4) is 0 Å². The van der Waals surface area contributed by atoms with E-state index in [1.54, 1.807) is 47.0 Å². The summed E-state index contributed by atoms with van der Waals surface area (Å²) in [7, 11) is 3.26. The maximum Gasteiger partial charge on any atom is 0.410 e. The number of imide groups is 1. The van der Waals surface area contributed by atoms with Crippen molar-refractivity contribution >= 4 is 28.9 Å². The maximum atomic E-state index is 12.9. The van der Waals surface area contributed by atoms with Crippen molar-refractivity contribution in [2.75, 3.05) is 7.05 Å². The molecule has 1 saturated heterocycles. The summed E-state index contributed by atoms with van der Waals surface area (Å²) >= 11 is 0. The summed E-state index contributed by atoms with van der Waals surface area (Å²) < 4.78 is 8.28. The predicted octanol–water partition coefficient (Wildman–Crippen LogP) is 1.68. The number of nitrogens with zero attached hydrogens (tertiary/aromatic N) is 3. The van der Waals surface area contributed by atoms with Gasteiger partial charge < -0.3 is 9.64 Å². The minimum atomic E-state index is -0.747. The zero-order valence-electron chi connectivity index (χ0n) is 17.3. The minimum absolute atomic E-state index is 0.181. The molecule has 0 radical (unpaired) electrons. The van der Waals surface area contributed by atoms with Crippen LogP contribution in [-0.4, -0.2) is 44.6 Å². The molecule has 1 unspecified atom stereocenters. The fourth-order valence-corrected chi connectivity index (χ4v) is 3.54. The van der Waals surface area contributed by atoms with Crippen LogP contribution in [0.2, 0.25) is 0 Å². The van der Waals surface area contributed by atoms with E-state index >= 15 is 0 Å². The Kier molecular flexibility index (Phi) is 5.25. The first-order chi connectivity index (χ1) is 13.5. The molecule has 1 N–H and O–H groups in total. The third-order valence-electron chi connectivity index (χ3n) is 4.82. The average molecular weight is 402 g/mol. The topological polar surface area (TPSA) is 103 Å². The summed E-state index contributed by atoms with van der Waals surface area (Å²) in [5, 5.41) is 2.30. The van der Waals surface area contributed by atoms with E-state index in [2.05, 4.69) is 5.32 Å². The van der Waals surface area contributed by atoms with Gasteiger partial charge in [0.05, 0.1) is 17.6 Å². The van der Waals surface area contributed by atoms with Gasteiger partial charge in [0.15, 0.2) is 0 Å². The van der Waals surface area contributed by atoms with Crippen molar-refractivity contribution in [3.63, 3.8) is 0 Å². The quantitative estimate of drug-likeness (QED) is 0.787. The lowest BCUT2D eigenvalue weighted by atomic mass is 10.1. The summed E-state index contributed by atoms with van der Waals surface area (Å²) in [4.78, 5) is 50.5. The van der Waals surface area contributed by atoms with Gasteiger partial charge in [-0.15, -0.1) is 0 Å². The highest BCUT2D eigenvalue weighted by Gasteiger charge is 2.31. The number of aromatic nitrogens is 2. The van der Waals surface area contributed by atoms with Crippen LogP contribution in [0.25, 0.3) is 11.0 Å². The molecule has 2 heterocycles. The first kappa shape index (κ1) is 20.6. The fraction of sp³-hybridized carbons (Fsp3) is 0.500. The number of imidazole rings is 1. The number of aryl methyl sites for hydroxylation is 1. The molecule has 1 aromatic heterocycles. The van der Waals surface area contributed by atoms with E-state index in [1.807, 2.05) is 6.07 Å². The van der Waals surface area contributed by atoms with Crippen molar-refractivity contribution in [1.82, 2.24) is 19.4 Å². The number of ether oxygens (including phenoxy) is 1. The molecule has 9 heteroatoms. The molecule has 1 atom stereocenters. The summed E-state index contributed by atoms with van der Waals surface area (Å²) in [6.07, 6.45) is -0.0180. The molecule has 3 amide bonds. The van der Waals surface area contributed by atoms with Gasteiger partial charge >= 0.3 is 11.8 Å². The summed E-state index contributed by atoms with van der Waals surface area (Å²) in [6, 6.07) is 4.62. The van der Waals surface area contributed by atoms with Crippen molar-refractivity contribution in [2.24, 2.45) is 7.05 Å². The van der Waals surface area contributed by atoms with E-state index in [9.17, 15) is 19.2 Å². The number of carbonyl (C=O) groups excluding carboxylic acids is 3. The van der Waals surface area contributed by atoms with Gasteiger partial charge in [-0.05, 0) is 38.8 Å². The van der Waals surface area contributed by atoms with Gasteiger partial charge in [0.2, 0.25) is 11.8 Å². The minimum Gasteiger partial charge on any atom is -0.444 e. The standard InChI is InChI=1S/C20H26N4O5/c1-20(2,3)29-19(28)22(4)11-12-7-6-8-13-16(12)23(5)18(27)24(13)14-9-10-15(25)21-17(14)26/h6-8,14H,9-11H2,1-5H3,(H,21,25,26). The number of fused-ring (bicyclic) bond motifs is 1. The molecule has 0 bridgehead atoms. The molecular weight excluding hydrogens is 376 g/mol. The maximum absolute atomic E-state index is 12.9. The first-order valence-electron chi connectivity index (χ1n) is 9.46. The number of hydrogen-bond acceptors (Lipinski definition) is 5. The van der Waals surface area contributed by atoms with Crippen molar-refractivity contribution in [3.05, 3.63) is 34.2 Å². The van der Waals surface area contributed by atoms with Crippen molar-refractivity contribution in [3.8, 4) is 0 Å². The second-order valence-corrected chi connectivity index (χ2v) is 8.30. The SMILES string of the molecule is CN(Cc1cccc2c1n(C)c(=O)n2C1CCC(=O)NC1=O)C(=O)OC(C)(C)C. The number of rotatable bonds is 3. The van der Waals surface area contributed by atoms with Crippen LogP contribution in [0.1, 0.15) is 45.2 Å². The number of carbonyl (C=O) groups is 3. The molecule has 9 nitrogen and oxygen atoms in total. The molecule has 0 aliphatic carbocycles. The second-order valence-electron chi connectivity index (χ2n) is 8.30. The van der Waals surface area contributed by atoms with E-state index in [-0.39, 0.29) is 31.0 Å². The fourth-order valence-electron chi connectivity index (χ4n) is 3.54. The zero-order chi connectivity index (χ0) is 21.5. The average Bonchev–Trinajstić information content (AvgIpc) is 2.86. The van der Waals surface area contributed by atoms with Crippen molar-refractivity contribution in [1.29, 1.82) is 0 Å². The Morgan fingerprint density at radius 1 is 1.28 bits per heavy atom. The third-order valence-corrected chi connectivity index (χ3v) is 4.82. The highest BCUT2D eigenvalue weighted by Crippen LogP contribution is 2.25. The highest BCUT2D eigenvalue weighted by molar-refractivity contribution is 6.00. The molecular formula is C20H26N4O5.